The van der Waals surface area contributed by atoms with Crippen LogP contribution < -0.4 is 20.1 Å². The SMILES string of the molecule is C=C[C@@H]1C[C@]1(NC(=O)[C@@H]1C[C@@H]2CN1C(=O)[C@H](C(C)(C)C)NC(=O)OCCCCOc1cccc(c1)-n1nnc2n1)C(=O)NS(=O)(=O)C1CC1. The molecule has 264 valence electrons. The largest absolute Gasteiger partial charge is 0.494 e. The van der Waals surface area contributed by atoms with Crippen molar-refractivity contribution in [1.29, 1.82) is 0 Å². The number of fused-ring (bicyclic) bond motifs is 8. The molecule has 0 radical (unpaired) electrons. The summed E-state index contributed by atoms with van der Waals surface area (Å²) in [5.41, 5.74) is -1.74. The number of amides is 4. The fourth-order valence-electron chi connectivity index (χ4n) is 6.26. The minimum Gasteiger partial charge on any atom is -0.494 e. The molecule has 2 aliphatic carbocycles. The van der Waals surface area contributed by atoms with Crippen molar-refractivity contribution in [1.82, 2.24) is 40.5 Å². The number of nitrogens with one attached hydrogen (secondary N) is 3. The Labute approximate surface area is 284 Å². The zero-order valence-corrected chi connectivity index (χ0v) is 28.6. The second kappa shape index (κ2) is 13.1. The Hall–Kier alpha value is -4.54. The van der Waals surface area contributed by atoms with Crippen molar-refractivity contribution in [2.45, 2.75) is 88.1 Å². The number of benzene rings is 1. The van der Waals surface area contributed by atoms with Crippen molar-refractivity contribution in [2.24, 2.45) is 11.3 Å². The van der Waals surface area contributed by atoms with E-state index in [1.165, 1.54) is 15.8 Å². The lowest BCUT2D eigenvalue weighted by Gasteiger charge is -2.35. The summed E-state index contributed by atoms with van der Waals surface area (Å²) in [5.74, 6) is -2.22. The number of sulfonamides is 1. The summed E-state index contributed by atoms with van der Waals surface area (Å²) in [6.07, 6.45) is 2.99. The maximum Gasteiger partial charge on any atom is 0.407 e. The lowest BCUT2D eigenvalue weighted by atomic mass is 9.85. The Morgan fingerprint density at radius 1 is 1.14 bits per heavy atom. The summed E-state index contributed by atoms with van der Waals surface area (Å²) < 4.78 is 38.7. The Balaban J connectivity index is 1.32. The zero-order chi connectivity index (χ0) is 35.1. The number of aromatic nitrogens is 4. The monoisotopic (exact) mass is 698 g/mol. The smallest absolute Gasteiger partial charge is 0.407 e. The van der Waals surface area contributed by atoms with E-state index in [0.29, 0.717) is 43.7 Å². The van der Waals surface area contributed by atoms with Crippen LogP contribution in [0.4, 0.5) is 4.79 Å². The van der Waals surface area contributed by atoms with E-state index >= 15 is 0 Å². The van der Waals surface area contributed by atoms with E-state index in [4.69, 9.17) is 9.47 Å². The number of hydrogen-bond acceptors (Lipinski definition) is 11. The molecule has 5 atom stereocenters. The molecule has 3 N–H and O–H groups in total. The van der Waals surface area contributed by atoms with Gasteiger partial charge in [0.2, 0.25) is 21.8 Å². The molecule has 1 saturated heterocycles. The van der Waals surface area contributed by atoms with Gasteiger partial charge in [-0.2, -0.15) is 0 Å². The summed E-state index contributed by atoms with van der Waals surface area (Å²) in [6, 6.07) is 4.94. The van der Waals surface area contributed by atoms with Crippen LogP contribution in [0.15, 0.2) is 36.9 Å². The van der Waals surface area contributed by atoms with E-state index in [1.54, 1.807) is 45.0 Å². The van der Waals surface area contributed by atoms with Crippen molar-refractivity contribution in [3.8, 4) is 11.4 Å². The number of hydrogen-bond donors (Lipinski definition) is 3. The number of alkyl carbamates (subject to hydrolysis) is 1. The molecule has 1 aromatic carbocycles. The van der Waals surface area contributed by atoms with Crippen molar-refractivity contribution >= 4 is 33.8 Å². The van der Waals surface area contributed by atoms with Crippen LogP contribution >= 0.6 is 0 Å². The van der Waals surface area contributed by atoms with E-state index in [1.807, 2.05) is 0 Å². The summed E-state index contributed by atoms with van der Waals surface area (Å²) in [6.45, 7) is 9.61. The van der Waals surface area contributed by atoms with Gasteiger partial charge < -0.3 is 25.0 Å². The van der Waals surface area contributed by atoms with Gasteiger partial charge in [0.1, 0.15) is 23.4 Å². The Morgan fingerprint density at radius 3 is 2.55 bits per heavy atom. The Bertz CT molecular complexity index is 1750. The Kier molecular flexibility index (Phi) is 9.15. The maximum atomic E-state index is 14.4. The molecule has 0 spiro atoms. The molecule has 2 saturated carbocycles. The predicted molar refractivity (Wildman–Crippen MR) is 174 cm³/mol. The van der Waals surface area contributed by atoms with E-state index in [0.717, 1.165) is 0 Å². The standard InChI is InChI=1S/C32H42N8O8S/c1-5-20-17-32(20,29(43)37-49(45,46)23-11-12-23)34-27(41)24-15-19-18-39(24)28(42)25(31(2,3)4)33-30(44)48-14-7-6-13-47-22-10-8-9-21(16-22)40-36-26(19)35-38-40/h5,8-10,16,19-20,23-25H,1,6-7,11-15,17-18H2,2-4H3,(H,33,44)(H,34,41)(H,37,43)/t19-,20-,24+,25-,32-/m1/s1. The van der Waals surface area contributed by atoms with Crippen molar-refractivity contribution in [3.63, 3.8) is 0 Å². The zero-order valence-electron chi connectivity index (χ0n) is 27.8. The first-order valence-corrected chi connectivity index (χ1v) is 18.0. The van der Waals surface area contributed by atoms with Crippen LogP contribution in [0.25, 0.3) is 5.69 Å². The lowest BCUT2D eigenvalue weighted by Crippen LogP contribution is -2.60. The number of nitrogens with zero attached hydrogens (tertiary/aromatic N) is 5. The van der Waals surface area contributed by atoms with Crippen LogP contribution in [0.2, 0.25) is 0 Å². The molecular formula is C32H42N8O8S. The maximum absolute atomic E-state index is 14.4. The van der Waals surface area contributed by atoms with E-state index in [2.05, 4.69) is 37.3 Å². The van der Waals surface area contributed by atoms with Gasteiger partial charge in [-0.15, -0.1) is 21.6 Å². The highest BCUT2D eigenvalue weighted by atomic mass is 32.2. The first-order chi connectivity index (χ1) is 23.2. The number of cyclic esters (lactones) is 1. The van der Waals surface area contributed by atoms with Gasteiger partial charge in [-0.3, -0.25) is 19.1 Å². The van der Waals surface area contributed by atoms with Gasteiger partial charge >= 0.3 is 6.09 Å². The average molecular weight is 699 g/mol. The normalized spacial score (nSPS) is 27.7. The summed E-state index contributed by atoms with van der Waals surface area (Å²) in [7, 11) is -3.89. The first-order valence-electron chi connectivity index (χ1n) is 16.5. The minimum atomic E-state index is -3.89. The highest BCUT2D eigenvalue weighted by molar-refractivity contribution is 7.91. The van der Waals surface area contributed by atoms with Crippen LogP contribution in [0.1, 0.15) is 71.0 Å². The molecule has 2 aromatic rings. The second-order valence-electron chi connectivity index (χ2n) is 14.2. The molecule has 6 rings (SSSR count). The number of tetrazole rings is 1. The molecular weight excluding hydrogens is 656 g/mol. The molecule has 17 heteroatoms. The summed E-state index contributed by atoms with van der Waals surface area (Å²) in [5, 5.41) is 17.9. The number of ether oxygens (including phenoxy) is 2. The van der Waals surface area contributed by atoms with Crippen LogP contribution in [-0.4, -0.2) is 100.0 Å². The third-order valence-electron chi connectivity index (χ3n) is 9.39. The van der Waals surface area contributed by atoms with Crippen molar-refractivity contribution in [3.05, 3.63) is 42.7 Å². The highest BCUT2D eigenvalue weighted by Crippen LogP contribution is 2.46. The first kappa shape index (κ1) is 34.3. The predicted octanol–water partition coefficient (Wildman–Crippen LogP) is 1.33. The van der Waals surface area contributed by atoms with Gasteiger partial charge in [0.15, 0.2) is 5.82 Å². The lowest BCUT2D eigenvalue weighted by molar-refractivity contribution is -0.142. The molecule has 4 aliphatic rings. The average Bonchev–Trinajstić information content (AvgIpc) is 3.92. The van der Waals surface area contributed by atoms with E-state index in [-0.39, 0.29) is 31.8 Å². The van der Waals surface area contributed by atoms with Crippen LogP contribution in [-0.2, 0) is 29.1 Å². The third-order valence-corrected chi connectivity index (χ3v) is 11.2. The Morgan fingerprint density at radius 2 is 1.88 bits per heavy atom. The highest BCUT2D eigenvalue weighted by Gasteiger charge is 2.62. The van der Waals surface area contributed by atoms with Gasteiger partial charge in [-0.1, -0.05) is 32.9 Å². The van der Waals surface area contributed by atoms with Gasteiger partial charge in [0.25, 0.3) is 5.91 Å². The van der Waals surface area contributed by atoms with Crippen LogP contribution in [0.3, 0.4) is 0 Å². The second-order valence-corrected chi connectivity index (χ2v) is 16.2. The summed E-state index contributed by atoms with van der Waals surface area (Å²) in [4.78, 5) is 57.5. The molecule has 3 fully saturated rings. The molecule has 4 amide bonds. The number of rotatable bonds is 6. The van der Waals surface area contributed by atoms with Crippen LogP contribution in [0.5, 0.6) is 5.75 Å². The van der Waals surface area contributed by atoms with E-state index in [9.17, 15) is 27.6 Å². The molecule has 1 aromatic heterocycles. The third kappa shape index (κ3) is 7.26. The molecule has 3 heterocycles. The molecule has 6 bridgehead atoms. The number of carbonyl (C=O) groups excluding carboxylic acids is 4. The molecule has 49 heavy (non-hydrogen) atoms. The van der Waals surface area contributed by atoms with Gasteiger partial charge in [0.05, 0.1) is 24.2 Å². The number of carbonyl (C=O) groups is 4. The van der Waals surface area contributed by atoms with Crippen LogP contribution in [0, 0.1) is 11.3 Å². The van der Waals surface area contributed by atoms with E-state index < -0.39 is 74.0 Å². The van der Waals surface area contributed by atoms with Gasteiger partial charge in [-0.25, -0.2) is 13.2 Å². The van der Waals surface area contributed by atoms with Gasteiger partial charge in [-0.05, 0) is 61.3 Å². The van der Waals surface area contributed by atoms with Gasteiger partial charge in [0, 0.05) is 24.4 Å². The molecule has 2 aliphatic heterocycles. The molecule has 0 unspecified atom stereocenters. The summed E-state index contributed by atoms with van der Waals surface area (Å²) >= 11 is 0. The minimum absolute atomic E-state index is 0.00914. The topological polar surface area (TPSA) is 204 Å². The van der Waals surface area contributed by atoms with Crippen molar-refractivity contribution < 1.29 is 37.1 Å². The molecule has 16 nitrogen and oxygen atoms in total. The fraction of sp³-hybridized carbons (Fsp3) is 0.594. The quantitative estimate of drug-likeness (QED) is 0.367. The fourth-order valence-corrected chi connectivity index (χ4v) is 7.63. The van der Waals surface area contributed by atoms with Crippen molar-refractivity contribution in [2.75, 3.05) is 19.8 Å².